The average molecular weight is 160 g/mol. The SMILES string of the molecule is CCONN([O-])N1CCCC1. The predicted octanol–water partition coefficient (Wildman–Crippen LogP) is 0.253. The monoisotopic (exact) mass is 160 g/mol. The van der Waals surface area contributed by atoms with Crippen molar-refractivity contribution in [3.63, 3.8) is 0 Å². The Hall–Kier alpha value is -0.200. The van der Waals surface area contributed by atoms with Gasteiger partial charge in [-0.2, -0.15) is 0 Å². The maximum Gasteiger partial charge on any atom is 0.0670 e. The second-order valence-electron chi connectivity index (χ2n) is 2.46. The van der Waals surface area contributed by atoms with E-state index in [1.54, 1.807) is 5.01 Å². The average Bonchev–Trinajstić information content (AvgIpc) is 2.52. The van der Waals surface area contributed by atoms with Crippen LogP contribution in [0.1, 0.15) is 19.8 Å². The van der Waals surface area contributed by atoms with E-state index < -0.39 is 0 Å². The largest absolute Gasteiger partial charge is 0.756 e. The van der Waals surface area contributed by atoms with Crippen molar-refractivity contribution in [1.82, 2.24) is 15.9 Å². The topological polar surface area (TPSA) is 50.8 Å². The van der Waals surface area contributed by atoms with E-state index >= 15 is 0 Å². The summed E-state index contributed by atoms with van der Waals surface area (Å²) in [5, 5.41) is 13.4. The lowest BCUT2D eigenvalue weighted by Crippen LogP contribution is -2.45. The Balaban J connectivity index is 2.12. The molecule has 0 aliphatic carbocycles. The molecule has 1 N–H and O–H groups in total. The zero-order valence-corrected chi connectivity index (χ0v) is 6.75. The predicted molar refractivity (Wildman–Crippen MR) is 40.8 cm³/mol. The molecule has 0 amide bonds. The zero-order valence-electron chi connectivity index (χ0n) is 6.75. The van der Waals surface area contributed by atoms with E-state index in [2.05, 4.69) is 5.59 Å². The van der Waals surface area contributed by atoms with Gasteiger partial charge in [0.05, 0.1) is 6.61 Å². The van der Waals surface area contributed by atoms with E-state index in [4.69, 9.17) is 4.84 Å². The Kier molecular flexibility index (Phi) is 3.74. The molecule has 0 saturated carbocycles. The fourth-order valence-corrected chi connectivity index (χ4v) is 1.06. The van der Waals surface area contributed by atoms with Gasteiger partial charge < -0.3 is 5.21 Å². The van der Waals surface area contributed by atoms with Gasteiger partial charge in [0.25, 0.3) is 0 Å². The smallest absolute Gasteiger partial charge is 0.0670 e. The highest BCUT2D eigenvalue weighted by atomic mass is 16.8. The van der Waals surface area contributed by atoms with E-state index in [1.807, 2.05) is 6.92 Å². The van der Waals surface area contributed by atoms with Crippen molar-refractivity contribution in [2.24, 2.45) is 0 Å². The fraction of sp³-hybridized carbons (Fsp3) is 1.00. The molecule has 0 radical (unpaired) electrons. The summed E-state index contributed by atoms with van der Waals surface area (Å²) in [5.74, 6) is 0. The molecule has 0 aromatic heterocycles. The van der Waals surface area contributed by atoms with Crippen molar-refractivity contribution >= 4 is 0 Å². The standard InChI is InChI=1S/C6H14N3O2/c1-2-11-7-9(10)8-5-3-4-6-8/h7H,2-6H2,1H3/q-1. The van der Waals surface area contributed by atoms with E-state index in [1.165, 1.54) is 0 Å². The molecule has 1 heterocycles. The van der Waals surface area contributed by atoms with Crippen LogP contribution in [0.25, 0.3) is 0 Å². The third kappa shape index (κ3) is 2.72. The number of nitrogens with one attached hydrogen (secondary N) is 1. The molecule has 5 heteroatoms. The van der Waals surface area contributed by atoms with E-state index in [9.17, 15) is 5.21 Å². The minimum absolute atomic E-state index is 0.493. The minimum atomic E-state index is 0.493. The van der Waals surface area contributed by atoms with Crippen LogP contribution in [-0.4, -0.2) is 30.0 Å². The van der Waals surface area contributed by atoms with Gasteiger partial charge in [-0.15, -0.1) is 5.59 Å². The third-order valence-electron chi connectivity index (χ3n) is 1.63. The molecule has 11 heavy (non-hydrogen) atoms. The zero-order chi connectivity index (χ0) is 8.10. The number of hydrazine groups is 2. The summed E-state index contributed by atoms with van der Waals surface area (Å²) in [7, 11) is 0. The molecule has 0 aromatic carbocycles. The van der Waals surface area contributed by atoms with Gasteiger partial charge >= 0.3 is 0 Å². The second kappa shape index (κ2) is 4.63. The lowest BCUT2D eigenvalue weighted by atomic mass is 10.4. The van der Waals surface area contributed by atoms with Crippen LogP contribution in [-0.2, 0) is 4.84 Å². The van der Waals surface area contributed by atoms with Crippen molar-refractivity contribution in [1.29, 1.82) is 0 Å². The molecule has 0 unspecified atom stereocenters. The first-order valence-electron chi connectivity index (χ1n) is 3.94. The Labute approximate surface area is 66.4 Å². The Morgan fingerprint density at radius 3 is 2.73 bits per heavy atom. The summed E-state index contributed by atoms with van der Waals surface area (Å²) < 4.78 is 0. The lowest BCUT2D eigenvalue weighted by molar-refractivity contribution is -0.147. The van der Waals surface area contributed by atoms with Crippen molar-refractivity contribution < 1.29 is 4.84 Å². The van der Waals surface area contributed by atoms with Gasteiger partial charge in [-0.25, -0.2) is 10.3 Å². The van der Waals surface area contributed by atoms with Gasteiger partial charge in [-0.05, 0) is 19.8 Å². The van der Waals surface area contributed by atoms with Crippen LogP contribution in [0.2, 0.25) is 0 Å². The number of rotatable bonds is 4. The molecule has 5 nitrogen and oxygen atoms in total. The summed E-state index contributed by atoms with van der Waals surface area (Å²) in [4.78, 5) is 4.73. The molecule has 1 aliphatic rings. The van der Waals surface area contributed by atoms with Gasteiger partial charge in [-0.1, -0.05) is 0 Å². The molecule has 1 saturated heterocycles. The summed E-state index contributed by atoms with van der Waals surface area (Å²) >= 11 is 0. The van der Waals surface area contributed by atoms with Crippen molar-refractivity contribution in [2.75, 3.05) is 19.7 Å². The molecule has 0 aromatic rings. The maximum absolute atomic E-state index is 11.0. The van der Waals surface area contributed by atoms with Crippen LogP contribution in [0, 0.1) is 5.21 Å². The highest BCUT2D eigenvalue weighted by Gasteiger charge is 2.12. The van der Waals surface area contributed by atoms with Crippen LogP contribution in [0.3, 0.4) is 0 Å². The first kappa shape index (κ1) is 8.89. The van der Waals surface area contributed by atoms with Crippen LogP contribution >= 0.6 is 0 Å². The maximum atomic E-state index is 11.0. The van der Waals surface area contributed by atoms with Gasteiger partial charge in [0.15, 0.2) is 0 Å². The second-order valence-corrected chi connectivity index (χ2v) is 2.46. The van der Waals surface area contributed by atoms with Gasteiger partial charge in [0, 0.05) is 13.1 Å². The number of nitrogens with zero attached hydrogens (tertiary/aromatic N) is 2. The molecule has 1 aliphatic heterocycles. The van der Waals surface area contributed by atoms with E-state index in [0.29, 0.717) is 11.9 Å². The first-order valence-corrected chi connectivity index (χ1v) is 3.94. The molecule has 1 rings (SSSR count). The number of hydrogen-bond acceptors (Lipinski definition) is 5. The summed E-state index contributed by atoms with van der Waals surface area (Å²) in [6, 6.07) is 0. The molecular weight excluding hydrogens is 146 g/mol. The summed E-state index contributed by atoms with van der Waals surface area (Å²) in [6.07, 6.45) is 2.18. The molecule has 0 atom stereocenters. The Morgan fingerprint density at radius 2 is 2.18 bits per heavy atom. The van der Waals surface area contributed by atoms with Crippen LogP contribution in [0.4, 0.5) is 0 Å². The molecule has 1 fully saturated rings. The van der Waals surface area contributed by atoms with Gasteiger partial charge in [0.1, 0.15) is 0 Å². The van der Waals surface area contributed by atoms with Crippen LogP contribution < -0.4 is 5.59 Å². The lowest BCUT2D eigenvalue weighted by Gasteiger charge is -2.35. The minimum Gasteiger partial charge on any atom is -0.756 e. The highest BCUT2D eigenvalue weighted by molar-refractivity contribution is 4.61. The summed E-state index contributed by atoms with van der Waals surface area (Å²) in [5.41, 5.74) is 2.28. The quantitative estimate of drug-likeness (QED) is 0.597. The summed E-state index contributed by atoms with van der Waals surface area (Å²) in [6.45, 7) is 3.96. The third-order valence-corrected chi connectivity index (χ3v) is 1.63. The van der Waals surface area contributed by atoms with Gasteiger partial charge in [0.2, 0.25) is 0 Å². The fourth-order valence-electron chi connectivity index (χ4n) is 1.06. The molecule has 66 valence electrons. The highest BCUT2D eigenvalue weighted by Crippen LogP contribution is 2.07. The number of hydrogen-bond donors (Lipinski definition) is 1. The molecule has 0 bridgehead atoms. The van der Waals surface area contributed by atoms with Crippen molar-refractivity contribution in [2.45, 2.75) is 19.8 Å². The van der Waals surface area contributed by atoms with Crippen LogP contribution in [0.15, 0.2) is 0 Å². The Bertz CT molecular complexity index is 106. The molecular formula is C6H14N3O2-. The van der Waals surface area contributed by atoms with Crippen molar-refractivity contribution in [3.8, 4) is 0 Å². The van der Waals surface area contributed by atoms with Gasteiger partial charge in [-0.3, -0.25) is 4.84 Å². The van der Waals surface area contributed by atoms with Crippen LogP contribution in [0.5, 0.6) is 0 Å². The van der Waals surface area contributed by atoms with E-state index in [0.717, 1.165) is 25.9 Å². The van der Waals surface area contributed by atoms with Crippen molar-refractivity contribution in [3.05, 3.63) is 5.21 Å². The normalized spacial score (nSPS) is 19.9. The van der Waals surface area contributed by atoms with E-state index in [-0.39, 0.29) is 0 Å². The molecule has 0 spiro atoms. The first-order chi connectivity index (χ1) is 5.34. The Morgan fingerprint density at radius 1 is 1.55 bits per heavy atom.